The molecule has 130 valence electrons. The van der Waals surface area contributed by atoms with E-state index >= 15 is 0 Å². The molecular weight excluding hydrogens is 342 g/mol. The monoisotopic (exact) mass is 359 g/mol. The van der Waals surface area contributed by atoms with Crippen molar-refractivity contribution in [3.8, 4) is 0 Å². The minimum Gasteiger partial charge on any atom is -0.408 e. The molecule has 8 nitrogen and oxygen atoms in total. The first-order chi connectivity index (χ1) is 12.2. The topological polar surface area (TPSA) is 94.5 Å². The van der Waals surface area contributed by atoms with Gasteiger partial charge in [0.1, 0.15) is 0 Å². The van der Waals surface area contributed by atoms with Gasteiger partial charge >= 0.3 is 5.76 Å². The van der Waals surface area contributed by atoms with Crippen LogP contribution in [0.25, 0.3) is 11.1 Å². The summed E-state index contributed by atoms with van der Waals surface area (Å²) in [5.41, 5.74) is 1.66. The fourth-order valence-corrected chi connectivity index (χ4v) is 3.59. The second-order valence-electron chi connectivity index (χ2n) is 5.85. The number of nitrogens with zero attached hydrogens (tertiary/aromatic N) is 3. The van der Waals surface area contributed by atoms with Crippen LogP contribution in [0, 0.1) is 0 Å². The van der Waals surface area contributed by atoms with Crippen LogP contribution < -0.4 is 16.0 Å². The van der Waals surface area contributed by atoms with Crippen molar-refractivity contribution in [2.75, 3.05) is 42.9 Å². The number of aromatic amines is 1. The average molecular weight is 359 g/mol. The number of hydrogen-bond acceptors (Lipinski definition) is 7. The van der Waals surface area contributed by atoms with Gasteiger partial charge in [-0.15, -0.1) is 11.3 Å². The van der Waals surface area contributed by atoms with Gasteiger partial charge in [0, 0.05) is 49.5 Å². The number of nitrogens with one attached hydrogen (secondary N) is 2. The highest BCUT2D eigenvalue weighted by Gasteiger charge is 2.20. The first-order valence-corrected chi connectivity index (χ1v) is 8.85. The maximum Gasteiger partial charge on any atom is 0.417 e. The molecule has 0 saturated carbocycles. The number of piperazine rings is 1. The molecule has 1 aromatic carbocycles. The zero-order chi connectivity index (χ0) is 17.2. The number of benzene rings is 1. The van der Waals surface area contributed by atoms with E-state index in [0.29, 0.717) is 23.3 Å². The Balaban J connectivity index is 1.32. The van der Waals surface area contributed by atoms with Gasteiger partial charge in [-0.05, 0) is 12.1 Å². The number of carbonyl (C=O) groups is 1. The highest BCUT2D eigenvalue weighted by atomic mass is 32.1. The van der Waals surface area contributed by atoms with Crippen molar-refractivity contribution in [2.45, 2.75) is 0 Å². The van der Waals surface area contributed by atoms with E-state index in [1.165, 1.54) is 0 Å². The number of H-pyrrole nitrogens is 1. The number of carbonyl (C=O) groups excluding carboxylic acids is 1. The Morgan fingerprint density at radius 3 is 2.92 bits per heavy atom. The summed E-state index contributed by atoms with van der Waals surface area (Å²) < 4.78 is 5.00. The van der Waals surface area contributed by atoms with E-state index in [0.717, 1.165) is 31.3 Å². The number of oxazole rings is 1. The van der Waals surface area contributed by atoms with Gasteiger partial charge in [-0.25, -0.2) is 9.78 Å². The average Bonchev–Trinajstić information content (AvgIpc) is 3.23. The molecule has 9 heteroatoms. The molecule has 1 fully saturated rings. The molecule has 2 N–H and O–H groups in total. The second kappa shape index (κ2) is 6.69. The van der Waals surface area contributed by atoms with Gasteiger partial charge in [0.15, 0.2) is 10.7 Å². The fraction of sp³-hybridized carbons (Fsp3) is 0.312. The summed E-state index contributed by atoms with van der Waals surface area (Å²) in [4.78, 5) is 34.7. The van der Waals surface area contributed by atoms with Crippen molar-refractivity contribution in [1.29, 1.82) is 0 Å². The Morgan fingerprint density at radius 2 is 2.16 bits per heavy atom. The highest BCUT2D eigenvalue weighted by molar-refractivity contribution is 7.13. The van der Waals surface area contributed by atoms with Gasteiger partial charge in [-0.1, -0.05) is 0 Å². The van der Waals surface area contributed by atoms with Crippen molar-refractivity contribution < 1.29 is 9.21 Å². The van der Waals surface area contributed by atoms with Gasteiger partial charge in [-0.3, -0.25) is 14.7 Å². The molecule has 0 bridgehead atoms. The molecule has 3 aromatic rings. The molecule has 0 unspecified atom stereocenters. The van der Waals surface area contributed by atoms with E-state index in [1.807, 2.05) is 11.6 Å². The van der Waals surface area contributed by atoms with Gasteiger partial charge in [0.2, 0.25) is 5.91 Å². The van der Waals surface area contributed by atoms with Crippen molar-refractivity contribution in [1.82, 2.24) is 14.9 Å². The third-order valence-electron chi connectivity index (χ3n) is 4.13. The second-order valence-corrected chi connectivity index (χ2v) is 6.72. The third kappa shape index (κ3) is 3.57. The molecule has 3 heterocycles. The van der Waals surface area contributed by atoms with Crippen LogP contribution in [0.1, 0.15) is 0 Å². The van der Waals surface area contributed by atoms with Crippen molar-refractivity contribution in [3.63, 3.8) is 0 Å². The van der Waals surface area contributed by atoms with E-state index in [-0.39, 0.29) is 5.91 Å². The summed E-state index contributed by atoms with van der Waals surface area (Å²) in [5.74, 6) is -0.587. The lowest BCUT2D eigenvalue weighted by Gasteiger charge is -2.34. The quantitative estimate of drug-likeness (QED) is 0.730. The normalized spacial score (nSPS) is 15.6. The van der Waals surface area contributed by atoms with Crippen LogP contribution in [0.3, 0.4) is 0 Å². The summed E-state index contributed by atoms with van der Waals surface area (Å²) in [6.45, 7) is 3.70. The largest absolute Gasteiger partial charge is 0.417 e. The van der Waals surface area contributed by atoms with Crippen LogP contribution >= 0.6 is 11.3 Å². The maximum absolute atomic E-state index is 12.3. The minimum absolute atomic E-state index is 0.0834. The predicted molar refractivity (Wildman–Crippen MR) is 96.2 cm³/mol. The Labute approximate surface area is 147 Å². The molecule has 1 aliphatic rings. The Bertz CT molecular complexity index is 925. The predicted octanol–water partition coefficient (Wildman–Crippen LogP) is 1.34. The molecule has 0 spiro atoms. The van der Waals surface area contributed by atoms with Crippen molar-refractivity contribution >= 4 is 39.2 Å². The lowest BCUT2D eigenvalue weighted by Crippen LogP contribution is -2.48. The zero-order valence-corrected chi connectivity index (χ0v) is 14.2. The lowest BCUT2D eigenvalue weighted by molar-refractivity contribution is -0.117. The lowest BCUT2D eigenvalue weighted by atomic mass is 10.2. The molecule has 25 heavy (non-hydrogen) atoms. The standard InChI is InChI=1S/C16H17N5O3S/c22-14(18-11-1-2-12-13(9-11)24-16(23)19-12)10-20-4-6-21(7-5-20)15-17-3-8-25-15/h1-3,8-9H,4-7,10H2,(H,18,22)(H,19,23). The van der Waals surface area contributed by atoms with Crippen molar-refractivity contribution in [3.05, 3.63) is 40.3 Å². The number of aromatic nitrogens is 2. The highest BCUT2D eigenvalue weighted by Crippen LogP contribution is 2.19. The molecule has 1 amide bonds. The van der Waals surface area contributed by atoms with Crippen LogP contribution in [0.4, 0.5) is 10.8 Å². The summed E-state index contributed by atoms with van der Waals surface area (Å²) in [5, 5.41) is 5.85. The molecule has 0 aliphatic carbocycles. The molecular formula is C16H17N5O3S. The van der Waals surface area contributed by atoms with Gasteiger partial charge in [0.25, 0.3) is 0 Å². The maximum atomic E-state index is 12.3. The molecule has 4 rings (SSSR count). The third-order valence-corrected chi connectivity index (χ3v) is 4.97. The number of anilines is 2. The molecule has 2 aromatic heterocycles. The van der Waals surface area contributed by atoms with Crippen LogP contribution in [-0.2, 0) is 4.79 Å². The summed E-state index contributed by atoms with van der Waals surface area (Å²) in [6, 6.07) is 5.10. The SMILES string of the molecule is O=C(CN1CCN(c2nccs2)CC1)Nc1ccc2[nH]c(=O)oc2c1. The van der Waals surface area contributed by atoms with Crippen LogP contribution in [-0.4, -0.2) is 53.5 Å². The fourth-order valence-electron chi connectivity index (χ4n) is 2.90. The first-order valence-electron chi connectivity index (χ1n) is 7.97. The van der Waals surface area contributed by atoms with Gasteiger partial charge in [-0.2, -0.15) is 0 Å². The molecule has 0 atom stereocenters. The van der Waals surface area contributed by atoms with Crippen LogP contribution in [0.15, 0.2) is 39.0 Å². The Morgan fingerprint density at radius 1 is 1.32 bits per heavy atom. The summed E-state index contributed by atoms with van der Waals surface area (Å²) in [6.07, 6.45) is 1.81. The summed E-state index contributed by atoms with van der Waals surface area (Å²) >= 11 is 1.63. The number of fused-ring (bicyclic) bond motifs is 1. The zero-order valence-electron chi connectivity index (χ0n) is 13.4. The van der Waals surface area contributed by atoms with E-state index in [4.69, 9.17) is 4.42 Å². The van der Waals surface area contributed by atoms with Crippen LogP contribution in [0.5, 0.6) is 0 Å². The minimum atomic E-state index is -0.503. The number of thiazole rings is 1. The van der Waals surface area contributed by atoms with E-state index in [2.05, 4.69) is 25.1 Å². The Hall–Kier alpha value is -2.65. The number of hydrogen-bond donors (Lipinski definition) is 2. The number of amides is 1. The van der Waals surface area contributed by atoms with E-state index in [1.54, 1.807) is 29.5 Å². The molecule has 0 radical (unpaired) electrons. The van der Waals surface area contributed by atoms with Gasteiger partial charge < -0.3 is 14.6 Å². The first kappa shape index (κ1) is 15.9. The van der Waals surface area contributed by atoms with E-state index < -0.39 is 5.76 Å². The Kier molecular flexibility index (Phi) is 4.24. The number of rotatable bonds is 4. The van der Waals surface area contributed by atoms with Gasteiger partial charge in [0.05, 0.1) is 12.1 Å². The molecule has 1 aliphatic heterocycles. The smallest absolute Gasteiger partial charge is 0.408 e. The molecule has 1 saturated heterocycles. The van der Waals surface area contributed by atoms with Crippen LogP contribution in [0.2, 0.25) is 0 Å². The summed E-state index contributed by atoms with van der Waals surface area (Å²) in [7, 11) is 0. The van der Waals surface area contributed by atoms with Crippen molar-refractivity contribution in [2.24, 2.45) is 0 Å². The van der Waals surface area contributed by atoms with E-state index in [9.17, 15) is 9.59 Å².